The largest absolute Gasteiger partial charge is 0.493 e. The van der Waals surface area contributed by atoms with Gasteiger partial charge in [-0.25, -0.2) is 12.4 Å². The molecule has 34 heavy (non-hydrogen) atoms. The summed E-state index contributed by atoms with van der Waals surface area (Å²) >= 11 is 0. The number of hydrogen-bond donors (Lipinski definition) is 1. The molecule has 5 nitrogen and oxygen atoms in total. The smallest absolute Gasteiger partial charge is 0.241 e. The molecule has 1 atom stereocenters. The van der Waals surface area contributed by atoms with Crippen LogP contribution < -0.4 is 10.5 Å². The predicted octanol–water partition coefficient (Wildman–Crippen LogP) is 5.40. The van der Waals surface area contributed by atoms with E-state index in [1.165, 1.54) is 15.1 Å². The second-order valence-electron chi connectivity index (χ2n) is 8.92. The van der Waals surface area contributed by atoms with Gasteiger partial charge < -0.3 is 10.5 Å². The molecule has 0 bridgehead atoms. The van der Waals surface area contributed by atoms with E-state index >= 15 is 0 Å². The van der Waals surface area contributed by atoms with Crippen LogP contribution in [0.25, 0.3) is 10.9 Å². The highest BCUT2D eigenvalue weighted by Gasteiger charge is 2.22. The lowest BCUT2D eigenvalue weighted by atomic mass is 9.84. The molecule has 178 valence electrons. The van der Waals surface area contributed by atoms with Gasteiger partial charge in [-0.05, 0) is 56.1 Å². The fourth-order valence-corrected chi connectivity index (χ4v) is 5.42. The van der Waals surface area contributed by atoms with Gasteiger partial charge in [0.05, 0.1) is 17.4 Å². The molecule has 0 spiro atoms. The molecule has 4 aromatic rings. The van der Waals surface area contributed by atoms with E-state index in [1.807, 2.05) is 30.3 Å². The Kier molecular flexibility index (Phi) is 7.39. The second-order valence-corrected chi connectivity index (χ2v) is 11.3. The third kappa shape index (κ3) is 5.03. The molecule has 0 saturated carbocycles. The number of nitrogens with two attached hydrogens (primary N) is 1. The van der Waals surface area contributed by atoms with E-state index in [0.717, 1.165) is 11.8 Å². The molecule has 0 aliphatic rings. The Labute approximate surface area is 202 Å². The van der Waals surface area contributed by atoms with E-state index in [0.29, 0.717) is 24.4 Å². The zero-order chi connectivity index (χ0) is 24.1. The molecule has 3 aromatic carbocycles. The fraction of sp³-hybridized carbons (Fsp3) is 0.286. The highest BCUT2D eigenvalue weighted by molar-refractivity contribution is 7.90. The minimum absolute atomic E-state index is 0.127. The molecular formula is C28H32N2O3S. The van der Waals surface area contributed by atoms with Crippen molar-refractivity contribution in [2.45, 2.75) is 31.4 Å². The maximum absolute atomic E-state index is 12.7. The molecule has 0 fully saturated rings. The molecule has 0 aliphatic heterocycles. The number of rotatable bonds is 10. The Bertz CT molecular complexity index is 1280. The van der Waals surface area contributed by atoms with Crippen LogP contribution >= 0.6 is 0 Å². The van der Waals surface area contributed by atoms with Crippen LogP contribution in [-0.4, -0.2) is 30.8 Å². The molecule has 0 aliphatic carbocycles. The van der Waals surface area contributed by atoms with E-state index in [4.69, 9.17) is 10.5 Å². The number of aromatic nitrogens is 1. The van der Waals surface area contributed by atoms with Crippen molar-refractivity contribution in [3.63, 3.8) is 0 Å². The van der Waals surface area contributed by atoms with E-state index in [1.54, 1.807) is 26.1 Å². The van der Waals surface area contributed by atoms with Gasteiger partial charge in [-0.3, -0.25) is 0 Å². The lowest BCUT2D eigenvalue weighted by Gasteiger charge is -2.24. The molecular weight excluding hydrogens is 444 g/mol. The van der Waals surface area contributed by atoms with Crippen molar-refractivity contribution in [3.8, 4) is 5.75 Å². The quantitative estimate of drug-likeness (QED) is 0.332. The van der Waals surface area contributed by atoms with Crippen LogP contribution in [0.1, 0.15) is 37.3 Å². The summed E-state index contributed by atoms with van der Waals surface area (Å²) in [4.78, 5) is 0. The van der Waals surface area contributed by atoms with Gasteiger partial charge in [-0.2, -0.15) is 0 Å². The Morgan fingerprint density at radius 2 is 1.47 bits per heavy atom. The maximum Gasteiger partial charge on any atom is 0.241 e. The van der Waals surface area contributed by atoms with Crippen LogP contribution in [0, 0.1) is 5.92 Å². The third-order valence-electron chi connectivity index (χ3n) is 6.31. The summed E-state index contributed by atoms with van der Waals surface area (Å²) < 4.78 is 33.0. The van der Waals surface area contributed by atoms with Crippen molar-refractivity contribution in [2.75, 3.05) is 13.2 Å². The van der Waals surface area contributed by atoms with Gasteiger partial charge in [0.15, 0.2) is 0 Å². The van der Waals surface area contributed by atoms with Crippen molar-refractivity contribution in [3.05, 3.63) is 102 Å². The Hall–Kier alpha value is -3.09. The van der Waals surface area contributed by atoms with Gasteiger partial charge in [0.2, 0.25) is 10.0 Å². The SMILES string of the molecule is CC(C)S(=O)(=O)n1ccc2c(OCC(CN)CC(c3ccccc3)c3ccccc3)cccc21. The van der Waals surface area contributed by atoms with Crippen molar-refractivity contribution >= 4 is 20.9 Å². The van der Waals surface area contributed by atoms with Crippen molar-refractivity contribution in [1.29, 1.82) is 0 Å². The van der Waals surface area contributed by atoms with E-state index < -0.39 is 15.3 Å². The molecule has 1 aromatic heterocycles. The van der Waals surface area contributed by atoms with Gasteiger partial charge in [0.25, 0.3) is 0 Å². The molecule has 4 rings (SSSR count). The average Bonchev–Trinajstić information content (AvgIpc) is 3.31. The zero-order valence-corrected chi connectivity index (χ0v) is 20.5. The summed E-state index contributed by atoms with van der Waals surface area (Å²) in [6.07, 6.45) is 2.46. The highest BCUT2D eigenvalue weighted by atomic mass is 32.2. The Morgan fingerprint density at radius 3 is 2.03 bits per heavy atom. The number of nitrogens with zero attached hydrogens (tertiary/aromatic N) is 1. The van der Waals surface area contributed by atoms with Crippen LogP contribution in [0.2, 0.25) is 0 Å². The maximum atomic E-state index is 12.7. The lowest BCUT2D eigenvalue weighted by Crippen LogP contribution is -2.24. The molecule has 1 unspecified atom stereocenters. The molecule has 0 radical (unpaired) electrons. The monoisotopic (exact) mass is 476 g/mol. The number of benzene rings is 3. The number of hydrogen-bond acceptors (Lipinski definition) is 4. The first-order chi connectivity index (χ1) is 16.4. The average molecular weight is 477 g/mol. The number of fused-ring (bicyclic) bond motifs is 1. The predicted molar refractivity (Wildman–Crippen MR) is 139 cm³/mol. The first-order valence-corrected chi connectivity index (χ1v) is 13.2. The van der Waals surface area contributed by atoms with E-state index in [-0.39, 0.29) is 11.8 Å². The third-order valence-corrected chi connectivity index (χ3v) is 8.37. The lowest BCUT2D eigenvalue weighted by molar-refractivity contribution is 0.242. The minimum Gasteiger partial charge on any atom is -0.493 e. The Balaban J connectivity index is 1.56. The van der Waals surface area contributed by atoms with Crippen LogP contribution in [0.15, 0.2) is 91.1 Å². The normalized spacial score (nSPS) is 13.0. The van der Waals surface area contributed by atoms with Gasteiger partial charge in [0.1, 0.15) is 5.75 Å². The zero-order valence-electron chi connectivity index (χ0n) is 19.7. The van der Waals surface area contributed by atoms with Crippen LogP contribution in [0.3, 0.4) is 0 Å². The summed E-state index contributed by atoms with van der Waals surface area (Å²) in [6.45, 7) is 4.31. The van der Waals surface area contributed by atoms with Gasteiger partial charge in [-0.15, -0.1) is 0 Å². The first kappa shape index (κ1) is 24.0. The van der Waals surface area contributed by atoms with Crippen LogP contribution in [0.4, 0.5) is 0 Å². The second kappa shape index (κ2) is 10.5. The molecule has 0 amide bonds. The summed E-state index contributed by atoms with van der Waals surface area (Å²) in [6, 6.07) is 28.3. The summed E-state index contributed by atoms with van der Waals surface area (Å²) in [7, 11) is -3.45. The van der Waals surface area contributed by atoms with Crippen molar-refractivity contribution in [1.82, 2.24) is 3.97 Å². The Morgan fingerprint density at radius 1 is 0.853 bits per heavy atom. The summed E-state index contributed by atoms with van der Waals surface area (Å²) in [5.74, 6) is 1.01. The van der Waals surface area contributed by atoms with Gasteiger partial charge >= 0.3 is 0 Å². The highest BCUT2D eigenvalue weighted by Crippen LogP contribution is 2.32. The number of ether oxygens (including phenoxy) is 1. The van der Waals surface area contributed by atoms with E-state index in [2.05, 4.69) is 48.5 Å². The van der Waals surface area contributed by atoms with Crippen LogP contribution in [-0.2, 0) is 10.0 Å². The first-order valence-electron chi connectivity index (χ1n) is 11.7. The summed E-state index contributed by atoms with van der Waals surface area (Å²) in [5, 5.41) is 0.271. The minimum atomic E-state index is -3.45. The standard InChI is InChI=1S/C28H32N2O3S/c1-21(2)34(31,32)30-17-16-25-27(30)14-9-15-28(25)33-20-22(19-29)18-26(23-10-5-3-6-11-23)24-12-7-4-8-13-24/h3-17,21-22,26H,18-20,29H2,1-2H3. The molecule has 1 heterocycles. The van der Waals surface area contributed by atoms with Crippen molar-refractivity contribution < 1.29 is 13.2 Å². The molecule has 6 heteroatoms. The summed E-state index contributed by atoms with van der Waals surface area (Å²) in [5.41, 5.74) is 9.32. The molecule has 2 N–H and O–H groups in total. The molecule has 0 saturated heterocycles. The van der Waals surface area contributed by atoms with Crippen LogP contribution in [0.5, 0.6) is 5.75 Å². The van der Waals surface area contributed by atoms with Gasteiger partial charge in [-0.1, -0.05) is 66.7 Å². The van der Waals surface area contributed by atoms with E-state index in [9.17, 15) is 8.42 Å². The fourth-order valence-electron chi connectivity index (χ4n) is 4.30. The topological polar surface area (TPSA) is 74.3 Å². The van der Waals surface area contributed by atoms with Gasteiger partial charge in [0, 0.05) is 23.4 Å². The van der Waals surface area contributed by atoms with Crippen molar-refractivity contribution in [2.24, 2.45) is 11.7 Å².